The molecule has 0 heterocycles. The lowest BCUT2D eigenvalue weighted by Gasteiger charge is -2.15. The van der Waals surface area contributed by atoms with E-state index in [0.717, 1.165) is 38.5 Å². The van der Waals surface area contributed by atoms with Gasteiger partial charge in [-0.1, -0.05) is 79.8 Å². The molecule has 7 heteroatoms. The van der Waals surface area contributed by atoms with Crippen LogP contribution in [0, 0.1) is 0 Å². The van der Waals surface area contributed by atoms with E-state index >= 15 is 0 Å². The van der Waals surface area contributed by atoms with Crippen LogP contribution in [0.15, 0.2) is 72.9 Å². The van der Waals surface area contributed by atoms with Gasteiger partial charge in [-0.15, -0.1) is 0 Å². The van der Waals surface area contributed by atoms with Gasteiger partial charge in [0.2, 0.25) is 17.7 Å². The van der Waals surface area contributed by atoms with Crippen LogP contribution in [0.4, 0.5) is 0 Å². The summed E-state index contributed by atoms with van der Waals surface area (Å²) >= 11 is 4.06. The molecule has 0 saturated carbocycles. The zero-order chi connectivity index (χ0) is 26.7. The highest BCUT2D eigenvalue weighted by Gasteiger charge is 2.16. The van der Waals surface area contributed by atoms with Gasteiger partial charge < -0.3 is 16.0 Å². The minimum Gasteiger partial charge on any atom is -0.354 e. The van der Waals surface area contributed by atoms with Gasteiger partial charge in [0.25, 0.3) is 0 Å². The van der Waals surface area contributed by atoms with Gasteiger partial charge in [0.15, 0.2) is 0 Å². The lowest BCUT2D eigenvalue weighted by Crippen LogP contribution is -2.48. The molecular formula is C29H45N3O3S. The smallest absolute Gasteiger partial charge is 0.243 e. The maximum atomic E-state index is 11.9. The van der Waals surface area contributed by atoms with E-state index in [-0.39, 0.29) is 23.5 Å². The number of rotatable bonds is 20. The molecule has 0 saturated heterocycles. The monoisotopic (exact) mass is 515 g/mol. The lowest BCUT2D eigenvalue weighted by molar-refractivity contribution is -0.127. The normalized spacial score (nSPS) is 13.1. The van der Waals surface area contributed by atoms with E-state index in [1.807, 2.05) is 6.08 Å². The Hall–Kier alpha value is -2.80. The standard InChI is InChI=1S/C29H45N3O3S/c1-3-4-5-6-7-8-9-10-11-12-13-14-15-16-17-18-19-20-21-22-28(34)30-23-24-31-29(35)27(25-36)32-26(2)33/h4-5,7-8,10-11,13-14,16-17,19-20,27,36H,3,6,9,12,15,18,21-25H2,1-2H3,(H,30,34)(H,31,35)(H,32,33)/b5-4-,8-7-,11-10-,14-13-,17-16-,20-19-/t27-/m0/s1. The average molecular weight is 516 g/mol. The Balaban J connectivity index is 3.72. The third-order valence-electron chi connectivity index (χ3n) is 4.76. The van der Waals surface area contributed by atoms with Crippen LogP contribution < -0.4 is 16.0 Å². The van der Waals surface area contributed by atoms with E-state index < -0.39 is 6.04 Å². The van der Waals surface area contributed by atoms with Crippen LogP contribution in [-0.4, -0.2) is 42.6 Å². The fourth-order valence-corrected chi connectivity index (χ4v) is 3.15. The Morgan fingerprint density at radius 3 is 1.58 bits per heavy atom. The summed E-state index contributed by atoms with van der Waals surface area (Å²) < 4.78 is 0. The second kappa shape index (κ2) is 25.3. The predicted octanol–water partition coefficient (Wildman–Crippen LogP) is 5.13. The van der Waals surface area contributed by atoms with Crippen LogP contribution in [0.5, 0.6) is 0 Å². The fraction of sp³-hybridized carbons (Fsp3) is 0.483. The van der Waals surface area contributed by atoms with Crippen molar-refractivity contribution in [2.45, 2.75) is 71.3 Å². The molecule has 36 heavy (non-hydrogen) atoms. The average Bonchev–Trinajstić information content (AvgIpc) is 2.86. The number of hydrogen-bond donors (Lipinski definition) is 4. The molecule has 3 N–H and O–H groups in total. The maximum Gasteiger partial charge on any atom is 0.243 e. The van der Waals surface area contributed by atoms with Crippen molar-refractivity contribution in [2.75, 3.05) is 18.8 Å². The molecule has 0 unspecified atom stereocenters. The molecular weight excluding hydrogens is 470 g/mol. The van der Waals surface area contributed by atoms with Gasteiger partial charge in [-0.25, -0.2) is 0 Å². The Morgan fingerprint density at radius 2 is 1.14 bits per heavy atom. The number of amides is 3. The van der Waals surface area contributed by atoms with Crippen molar-refractivity contribution in [1.29, 1.82) is 0 Å². The van der Waals surface area contributed by atoms with Gasteiger partial charge in [-0.05, 0) is 44.9 Å². The van der Waals surface area contributed by atoms with Crippen molar-refractivity contribution in [3.05, 3.63) is 72.9 Å². The number of carbonyl (C=O) groups is 3. The molecule has 0 bridgehead atoms. The largest absolute Gasteiger partial charge is 0.354 e. The van der Waals surface area contributed by atoms with Gasteiger partial charge >= 0.3 is 0 Å². The summed E-state index contributed by atoms with van der Waals surface area (Å²) in [7, 11) is 0. The van der Waals surface area contributed by atoms with Crippen LogP contribution in [0.25, 0.3) is 0 Å². The third kappa shape index (κ3) is 23.0. The number of carbonyl (C=O) groups excluding carboxylic acids is 3. The summed E-state index contributed by atoms with van der Waals surface area (Å²) in [5.74, 6) is -0.445. The minimum atomic E-state index is -0.672. The van der Waals surface area contributed by atoms with Gasteiger partial charge in [0.05, 0.1) is 0 Å². The van der Waals surface area contributed by atoms with E-state index in [0.29, 0.717) is 25.9 Å². The van der Waals surface area contributed by atoms with Crippen molar-refractivity contribution in [1.82, 2.24) is 16.0 Å². The first-order chi connectivity index (χ1) is 17.5. The summed E-state index contributed by atoms with van der Waals surface area (Å²) in [6, 6.07) is -0.672. The van der Waals surface area contributed by atoms with E-state index in [2.05, 4.69) is 102 Å². The van der Waals surface area contributed by atoms with Gasteiger partial charge in [-0.2, -0.15) is 12.6 Å². The van der Waals surface area contributed by atoms with Gasteiger partial charge in [0.1, 0.15) is 6.04 Å². The molecule has 0 aromatic rings. The highest BCUT2D eigenvalue weighted by molar-refractivity contribution is 7.80. The van der Waals surface area contributed by atoms with Crippen molar-refractivity contribution in [3.63, 3.8) is 0 Å². The first-order valence-corrected chi connectivity index (χ1v) is 13.5. The molecule has 0 aliphatic rings. The lowest BCUT2D eigenvalue weighted by atomic mass is 10.2. The van der Waals surface area contributed by atoms with E-state index in [4.69, 9.17) is 0 Å². The summed E-state index contributed by atoms with van der Waals surface area (Å²) in [5, 5.41) is 7.96. The Kier molecular flexibility index (Phi) is 23.3. The van der Waals surface area contributed by atoms with E-state index in [1.54, 1.807) is 0 Å². The zero-order valence-corrected chi connectivity index (χ0v) is 22.9. The van der Waals surface area contributed by atoms with Crippen LogP contribution in [0.3, 0.4) is 0 Å². The molecule has 0 spiro atoms. The fourth-order valence-electron chi connectivity index (χ4n) is 2.89. The first kappa shape index (κ1) is 33.2. The van der Waals surface area contributed by atoms with Crippen molar-refractivity contribution in [3.8, 4) is 0 Å². The zero-order valence-electron chi connectivity index (χ0n) is 22.0. The van der Waals surface area contributed by atoms with Crippen molar-refractivity contribution in [2.24, 2.45) is 0 Å². The highest BCUT2D eigenvalue weighted by Crippen LogP contribution is 1.98. The molecule has 1 atom stereocenters. The summed E-state index contributed by atoms with van der Waals surface area (Å²) in [4.78, 5) is 34.8. The Labute approximate surface area is 223 Å². The number of hydrogen-bond acceptors (Lipinski definition) is 4. The highest BCUT2D eigenvalue weighted by atomic mass is 32.1. The molecule has 6 nitrogen and oxygen atoms in total. The second-order valence-corrected chi connectivity index (χ2v) is 8.40. The van der Waals surface area contributed by atoms with Crippen LogP contribution in [-0.2, 0) is 14.4 Å². The molecule has 0 aliphatic heterocycles. The summed E-state index contributed by atoms with van der Waals surface area (Å²) in [5.41, 5.74) is 0. The molecule has 0 aromatic heterocycles. The summed E-state index contributed by atoms with van der Waals surface area (Å²) in [6.45, 7) is 4.13. The molecule has 0 radical (unpaired) electrons. The topological polar surface area (TPSA) is 87.3 Å². The molecule has 0 fully saturated rings. The molecule has 0 rings (SSSR count). The molecule has 0 aromatic carbocycles. The van der Waals surface area contributed by atoms with Gasteiger partial charge in [0, 0.05) is 32.2 Å². The van der Waals surface area contributed by atoms with E-state index in [1.165, 1.54) is 6.92 Å². The van der Waals surface area contributed by atoms with Crippen LogP contribution in [0.1, 0.15) is 65.2 Å². The molecule has 0 aliphatic carbocycles. The number of thiol groups is 1. The van der Waals surface area contributed by atoms with Crippen molar-refractivity contribution >= 4 is 30.4 Å². The number of nitrogens with one attached hydrogen (secondary N) is 3. The van der Waals surface area contributed by atoms with Crippen molar-refractivity contribution < 1.29 is 14.4 Å². The summed E-state index contributed by atoms with van der Waals surface area (Å²) in [6.07, 6.45) is 32.7. The third-order valence-corrected chi connectivity index (χ3v) is 5.12. The predicted molar refractivity (Wildman–Crippen MR) is 155 cm³/mol. The van der Waals surface area contributed by atoms with Crippen LogP contribution >= 0.6 is 12.6 Å². The number of allylic oxidation sites excluding steroid dienone is 12. The Morgan fingerprint density at radius 1 is 0.694 bits per heavy atom. The first-order valence-electron chi connectivity index (χ1n) is 12.8. The maximum absolute atomic E-state index is 11.9. The quantitative estimate of drug-likeness (QED) is 0.103. The molecule has 200 valence electrons. The molecule has 3 amide bonds. The minimum absolute atomic E-state index is 0.0589. The Bertz CT molecular complexity index is 783. The van der Waals surface area contributed by atoms with E-state index in [9.17, 15) is 14.4 Å². The van der Waals surface area contributed by atoms with Gasteiger partial charge in [-0.3, -0.25) is 14.4 Å². The SMILES string of the molecule is CC/C=C\C/C=C\C/C=C\C/C=C\C/C=C\C/C=C\CCC(=O)NCCNC(=O)[C@H](CS)NC(C)=O. The van der Waals surface area contributed by atoms with Crippen LogP contribution in [0.2, 0.25) is 0 Å². The second-order valence-electron chi connectivity index (χ2n) is 8.03.